The van der Waals surface area contributed by atoms with E-state index in [0.29, 0.717) is 12.3 Å². The number of ether oxygens (including phenoxy) is 2. The van der Waals surface area contributed by atoms with Crippen LogP contribution in [0.15, 0.2) is 30.3 Å². The predicted octanol–water partition coefficient (Wildman–Crippen LogP) is 1.95. The van der Waals surface area contributed by atoms with E-state index in [1.54, 1.807) is 12.1 Å². The normalized spacial score (nSPS) is 19.4. The van der Waals surface area contributed by atoms with Crippen molar-refractivity contribution in [2.75, 3.05) is 13.2 Å². The zero-order chi connectivity index (χ0) is 11.2. The Labute approximate surface area is 94.6 Å². The maximum Gasteiger partial charge on any atom is 0.412 e. The van der Waals surface area contributed by atoms with Gasteiger partial charge in [0.15, 0.2) is 0 Å². The molecule has 2 rings (SSSR count). The molecular formula is C12H15NO3. The lowest BCUT2D eigenvalue weighted by atomic mass is 10.2. The van der Waals surface area contributed by atoms with Crippen LogP contribution in [0.5, 0.6) is 5.75 Å². The van der Waals surface area contributed by atoms with E-state index in [2.05, 4.69) is 5.32 Å². The lowest BCUT2D eigenvalue weighted by Gasteiger charge is -2.10. The molecule has 4 heteroatoms. The Bertz CT molecular complexity index is 333. The average molecular weight is 221 g/mol. The second kappa shape index (κ2) is 5.51. The van der Waals surface area contributed by atoms with Crippen molar-refractivity contribution >= 4 is 6.09 Å². The van der Waals surface area contributed by atoms with Crippen LogP contribution in [0.2, 0.25) is 0 Å². The van der Waals surface area contributed by atoms with Gasteiger partial charge in [0.05, 0.1) is 6.10 Å². The summed E-state index contributed by atoms with van der Waals surface area (Å²) in [5, 5.41) is 2.69. The topological polar surface area (TPSA) is 47.6 Å². The van der Waals surface area contributed by atoms with Gasteiger partial charge in [0.1, 0.15) is 5.75 Å². The number of rotatable bonds is 3. The summed E-state index contributed by atoms with van der Waals surface area (Å²) in [5.41, 5.74) is 0. The summed E-state index contributed by atoms with van der Waals surface area (Å²) in [4.78, 5) is 11.4. The summed E-state index contributed by atoms with van der Waals surface area (Å²) in [7, 11) is 0. The molecule has 1 heterocycles. The largest absolute Gasteiger partial charge is 0.412 e. The Balaban J connectivity index is 1.72. The van der Waals surface area contributed by atoms with Gasteiger partial charge >= 0.3 is 6.09 Å². The molecule has 1 amide bonds. The molecule has 4 nitrogen and oxygen atoms in total. The standard InChI is InChI=1S/C12H15NO3/c14-12(13-9-11-7-4-8-15-11)16-10-5-2-1-3-6-10/h1-3,5-6,11H,4,7-9H2,(H,13,14). The van der Waals surface area contributed by atoms with Crippen LogP contribution < -0.4 is 10.1 Å². The number of carbonyl (C=O) groups is 1. The van der Waals surface area contributed by atoms with Crippen LogP contribution >= 0.6 is 0 Å². The molecular weight excluding hydrogens is 206 g/mol. The summed E-state index contributed by atoms with van der Waals surface area (Å²) in [6.07, 6.45) is 1.79. The molecule has 1 aromatic carbocycles. The van der Waals surface area contributed by atoms with Gasteiger partial charge in [-0.3, -0.25) is 0 Å². The minimum Gasteiger partial charge on any atom is -0.410 e. The molecule has 0 saturated carbocycles. The van der Waals surface area contributed by atoms with Crippen molar-refractivity contribution in [2.45, 2.75) is 18.9 Å². The molecule has 1 aliphatic heterocycles. The van der Waals surface area contributed by atoms with Gasteiger partial charge in [-0.2, -0.15) is 0 Å². The molecule has 86 valence electrons. The summed E-state index contributed by atoms with van der Waals surface area (Å²) < 4.78 is 10.5. The molecule has 1 atom stereocenters. The molecule has 16 heavy (non-hydrogen) atoms. The van der Waals surface area contributed by atoms with Crippen LogP contribution in [0.25, 0.3) is 0 Å². The Morgan fingerprint density at radius 3 is 2.94 bits per heavy atom. The fourth-order valence-electron chi connectivity index (χ4n) is 1.63. The zero-order valence-electron chi connectivity index (χ0n) is 9.02. The monoisotopic (exact) mass is 221 g/mol. The molecule has 0 aromatic heterocycles. The van der Waals surface area contributed by atoms with Gasteiger partial charge in [-0.25, -0.2) is 4.79 Å². The summed E-state index contributed by atoms with van der Waals surface area (Å²) in [6, 6.07) is 9.00. The lowest BCUT2D eigenvalue weighted by Crippen LogP contribution is -2.33. The SMILES string of the molecule is O=C(NCC1CCCO1)Oc1ccccc1. The molecule has 1 aromatic rings. The number of hydrogen-bond donors (Lipinski definition) is 1. The van der Waals surface area contributed by atoms with Crippen LogP contribution in [-0.4, -0.2) is 25.3 Å². The first-order valence-electron chi connectivity index (χ1n) is 5.47. The maximum absolute atomic E-state index is 11.4. The van der Waals surface area contributed by atoms with E-state index in [0.717, 1.165) is 19.4 Å². The fourth-order valence-corrected chi connectivity index (χ4v) is 1.63. The van der Waals surface area contributed by atoms with Gasteiger partial charge in [-0.1, -0.05) is 18.2 Å². The molecule has 1 unspecified atom stereocenters. The van der Waals surface area contributed by atoms with Gasteiger partial charge in [-0.15, -0.1) is 0 Å². The van der Waals surface area contributed by atoms with Crippen LogP contribution in [0.3, 0.4) is 0 Å². The van der Waals surface area contributed by atoms with Crippen LogP contribution in [0.1, 0.15) is 12.8 Å². The van der Waals surface area contributed by atoms with E-state index < -0.39 is 6.09 Å². The first-order chi connectivity index (χ1) is 7.84. The van der Waals surface area contributed by atoms with Crippen molar-refractivity contribution in [1.29, 1.82) is 0 Å². The maximum atomic E-state index is 11.4. The molecule has 0 bridgehead atoms. The predicted molar refractivity (Wildman–Crippen MR) is 59.4 cm³/mol. The summed E-state index contributed by atoms with van der Waals surface area (Å²) in [6.45, 7) is 1.31. The van der Waals surface area contributed by atoms with Gasteiger partial charge in [-0.05, 0) is 25.0 Å². The highest BCUT2D eigenvalue weighted by atomic mass is 16.6. The van der Waals surface area contributed by atoms with Crippen molar-refractivity contribution in [3.63, 3.8) is 0 Å². The fraction of sp³-hybridized carbons (Fsp3) is 0.417. The highest BCUT2D eigenvalue weighted by molar-refractivity contribution is 5.70. The van der Waals surface area contributed by atoms with E-state index in [-0.39, 0.29) is 6.10 Å². The van der Waals surface area contributed by atoms with Crippen molar-refractivity contribution in [3.8, 4) is 5.75 Å². The van der Waals surface area contributed by atoms with Crippen LogP contribution in [0.4, 0.5) is 4.79 Å². The average Bonchev–Trinajstić information content (AvgIpc) is 2.81. The first kappa shape index (κ1) is 11.0. The van der Waals surface area contributed by atoms with E-state index in [1.807, 2.05) is 18.2 Å². The van der Waals surface area contributed by atoms with Crippen LogP contribution in [0, 0.1) is 0 Å². The van der Waals surface area contributed by atoms with Crippen molar-refractivity contribution < 1.29 is 14.3 Å². The quantitative estimate of drug-likeness (QED) is 0.848. The Kier molecular flexibility index (Phi) is 3.77. The Morgan fingerprint density at radius 1 is 1.44 bits per heavy atom. The molecule has 1 aliphatic rings. The number of amides is 1. The van der Waals surface area contributed by atoms with E-state index in [1.165, 1.54) is 0 Å². The summed E-state index contributed by atoms with van der Waals surface area (Å²) >= 11 is 0. The highest BCUT2D eigenvalue weighted by Crippen LogP contribution is 2.11. The van der Waals surface area contributed by atoms with Gasteiger partial charge in [0.2, 0.25) is 0 Å². The minimum atomic E-state index is -0.429. The second-order valence-corrected chi connectivity index (χ2v) is 3.72. The number of carbonyl (C=O) groups excluding carboxylic acids is 1. The Hall–Kier alpha value is -1.55. The van der Waals surface area contributed by atoms with Gasteiger partial charge in [0, 0.05) is 13.2 Å². The molecule has 0 spiro atoms. The van der Waals surface area contributed by atoms with Crippen LogP contribution in [-0.2, 0) is 4.74 Å². The number of para-hydroxylation sites is 1. The second-order valence-electron chi connectivity index (χ2n) is 3.72. The number of benzene rings is 1. The van der Waals surface area contributed by atoms with Crippen molar-refractivity contribution in [3.05, 3.63) is 30.3 Å². The first-order valence-corrected chi connectivity index (χ1v) is 5.47. The van der Waals surface area contributed by atoms with Gasteiger partial charge in [0.25, 0.3) is 0 Å². The highest BCUT2D eigenvalue weighted by Gasteiger charge is 2.16. The summed E-state index contributed by atoms with van der Waals surface area (Å²) in [5.74, 6) is 0.548. The third-order valence-corrected chi connectivity index (χ3v) is 2.45. The molecule has 1 saturated heterocycles. The third-order valence-electron chi connectivity index (χ3n) is 2.45. The van der Waals surface area contributed by atoms with E-state index >= 15 is 0 Å². The van der Waals surface area contributed by atoms with Gasteiger partial charge < -0.3 is 14.8 Å². The molecule has 0 radical (unpaired) electrons. The zero-order valence-corrected chi connectivity index (χ0v) is 9.02. The van der Waals surface area contributed by atoms with Crippen molar-refractivity contribution in [2.24, 2.45) is 0 Å². The molecule has 0 aliphatic carbocycles. The van der Waals surface area contributed by atoms with E-state index in [4.69, 9.17) is 9.47 Å². The van der Waals surface area contributed by atoms with E-state index in [9.17, 15) is 4.79 Å². The molecule has 1 fully saturated rings. The minimum absolute atomic E-state index is 0.142. The smallest absolute Gasteiger partial charge is 0.410 e. The number of hydrogen-bond acceptors (Lipinski definition) is 3. The Morgan fingerprint density at radius 2 is 2.25 bits per heavy atom. The van der Waals surface area contributed by atoms with Crippen molar-refractivity contribution in [1.82, 2.24) is 5.32 Å². The third kappa shape index (κ3) is 3.24. The lowest BCUT2D eigenvalue weighted by molar-refractivity contribution is 0.108. The molecule has 1 N–H and O–H groups in total. The number of nitrogens with one attached hydrogen (secondary N) is 1.